The van der Waals surface area contributed by atoms with E-state index in [0.29, 0.717) is 12.8 Å². The summed E-state index contributed by atoms with van der Waals surface area (Å²) in [6.07, 6.45) is 0.943. The third-order valence-electron chi connectivity index (χ3n) is 3.00. The van der Waals surface area contributed by atoms with E-state index >= 15 is 0 Å². The van der Waals surface area contributed by atoms with Crippen molar-refractivity contribution in [2.24, 2.45) is 17.4 Å². The quantitative estimate of drug-likeness (QED) is 0.451. The van der Waals surface area contributed by atoms with Crippen molar-refractivity contribution in [3.8, 4) is 0 Å². The third kappa shape index (κ3) is 17.9. The second-order valence-electron chi connectivity index (χ2n) is 6.43. The van der Waals surface area contributed by atoms with Crippen molar-refractivity contribution in [1.29, 1.82) is 0 Å². The van der Waals surface area contributed by atoms with E-state index in [2.05, 4.69) is 5.32 Å². The zero-order valence-electron chi connectivity index (χ0n) is 16.7. The summed E-state index contributed by atoms with van der Waals surface area (Å²) in [4.78, 5) is 41.3. The number of carbonyl (C=O) groups excluding carboxylic acids is 2. The third-order valence-corrected chi connectivity index (χ3v) is 3.00. The highest BCUT2D eigenvalue weighted by Crippen LogP contribution is 2.06. The SMILES string of the molecule is CC(=O)O.CC(=O)O.CC(C)C[C@@H](NC(=O)[C@H](N)Cc1ccccc1)C(N)=O. The number of carbonyl (C=O) groups is 4. The Morgan fingerprint density at radius 1 is 1.00 bits per heavy atom. The molecule has 0 fully saturated rings. The fraction of sp³-hybridized carbons (Fsp3) is 0.474. The standard InChI is InChI=1S/C15H23N3O2.2C2H4O2/c1-10(2)8-13(14(17)19)18-15(20)12(16)9-11-6-4-3-5-7-11;2*1-2(3)4/h3-7,10,12-13H,8-9,16H2,1-2H3,(H2,17,19)(H,18,20);2*1H3,(H,3,4)/t12-,13-;;/m1../s1. The molecule has 0 aliphatic rings. The van der Waals surface area contributed by atoms with E-state index in [1.807, 2.05) is 44.2 Å². The lowest BCUT2D eigenvalue weighted by Crippen LogP contribution is -2.51. The zero-order chi connectivity index (χ0) is 22.3. The van der Waals surface area contributed by atoms with Gasteiger partial charge in [0.1, 0.15) is 6.04 Å². The normalized spacial score (nSPS) is 11.6. The van der Waals surface area contributed by atoms with Gasteiger partial charge in [0.05, 0.1) is 6.04 Å². The van der Waals surface area contributed by atoms with E-state index in [4.69, 9.17) is 31.3 Å². The molecule has 0 radical (unpaired) electrons. The number of nitrogens with one attached hydrogen (secondary N) is 1. The molecule has 28 heavy (non-hydrogen) atoms. The number of rotatable bonds is 7. The second kappa shape index (κ2) is 15.2. The molecule has 0 saturated carbocycles. The molecule has 0 unspecified atom stereocenters. The molecule has 0 saturated heterocycles. The molecule has 2 amide bonds. The van der Waals surface area contributed by atoms with Crippen LogP contribution in [0.4, 0.5) is 0 Å². The van der Waals surface area contributed by atoms with Crippen molar-refractivity contribution in [2.45, 2.75) is 52.6 Å². The molecule has 1 aromatic carbocycles. The highest BCUT2D eigenvalue weighted by atomic mass is 16.4. The smallest absolute Gasteiger partial charge is 0.300 e. The van der Waals surface area contributed by atoms with E-state index < -0.39 is 29.9 Å². The Hall–Kier alpha value is -2.94. The van der Waals surface area contributed by atoms with Gasteiger partial charge in [-0.2, -0.15) is 0 Å². The first-order valence-corrected chi connectivity index (χ1v) is 8.65. The van der Waals surface area contributed by atoms with Gasteiger partial charge < -0.3 is 27.0 Å². The molecule has 9 heteroatoms. The topological polar surface area (TPSA) is 173 Å². The van der Waals surface area contributed by atoms with Crippen LogP contribution in [-0.2, 0) is 25.6 Å². The number of nitrogens with two attached hydrogens (primary N) is 2. The van der Waals surface area contributed by atoms with E-state index in [9.17, 15) is 9.59 Å². The van der Waals surface area contributed by atoms with Gasteiger partial charge in [-0.15, -0.1) is 0 Å². The van der Waals surface area contributed by atoms with Gasteiger partial charge in [0.2, 0.25) is 11.8 Å². The molecule has 0 bridgehead atoms. The first-order chi connectivity index (χ1) is 12.9. The Morgan fingerprint density at radius 3 is 1.79 bits per heavy atom. The Kier molecular flexibility index (Phi) is 14.8. The second-order valence-corrected chi connectivity index (χ2v) is 6.43. The average molecular weight is 397 g/mol. The molecule has 0 spiro atoms. The van der Waals surface area contributed by atoms with Gasteiger partial charge in [-0.25, -0.2) is 0 Å². The zero-order valence-corrected chi connectivity index (χ0v) is 16.7. The van der Waals surface area contributed by atoms with Gasteiger partial charge in [0.15, 0.2) is 0 Å². The number of hydrogen-bond donors (Lipinski definition) is 5. The van der Waals surface area contributed by atoms with E-state index in [1.165, 1.54) is 0 Å². The van der Waals surface area contributed by atoms with Crippen LogP contribution in [0.15, 0.2) is 30.3 Å². The van der Waals surface area contributed by atoms with Crippen molar-refractivity contribution in [3.63, 3.8) is 0 Å². The summed E-state index contributed by atoms with van der Waals surface area (Å²) < 4.78 is 0. The predicted molar refractivity (Wildman–Crippen MR) is 105 cm³/mol. The molecule has 0 heterocycles. The average Bonchev–Trinajstić information content (AvgIpc) is 2.53. The number of amides is 2. The molecule has 7 N–H and O–H groups in total. The molecular formula is C19H31N3O6. The summed E-state index contributed by atoms with van der Waals surface area (Å²) in [6, 6.07) is 8.16. The molecule has 0 aromatic heterocycles. The molecule has 0 aliphatic heterocycles. The highest BCUT2D eigenvalue weighted by Gasteiger charge is 2.22. The Bertz CT molecular complexity index is 599. The molecule has 1 rings (SSSR count). The molecule has 0 aliphatic carbocycles. The van der Waals surface area contributed by atoms with Crippen LogP contribution in [0.2, 0.25) is 0 Å². The molecule has 1 aromatic rings. The predicted octanol–water partition coefficient (Wildman–Crippen LogP) is 0.754. The number of carboxylic acids is 2. The van der Waals surface area contributed by atoms with Crippen LogP contribution in [0.5, 0.6) is 0 Å². The number of aliphatic carboxylic acids is 2. The monoisotopic (exact) mass is 397 g/mol. The summed E-state index contributed by atoms with van der Waals surface area (Å²) in [5.74, 6) is -2.28. The van der Waals surface area contributed by atoms with Crippen LogP contribution in [-0.4, -0.2) is 46.0 Å². The van der Waals surface area contributed by atoms with Crippen molar-refractivity contribution in [1.82, 2.24) is 5.32 Å². The van der Waals surface area contributed by atoms with Crippen LogP contribution in [0, 0.1) is 5.92 Å². The number of benzene rings is 1. The van der Waals surface area contributed by atoms with Crippen molar-refractivity contribution in [3.05, 3.63) is 35.9 Å². The fourth-order valence-corrected chi connectivity index (χ4v) is 1.96. The lowest BCUT2D eigenvalue weighted by Gasteiger charge is -2.20. The number of hydrogen-bond acceptors (Lipinski definition) is 5. The van der Waals surface area contributed by atoms with Gasteiger partial charge in [0, 0.05) is 13.8 Å². The largest absolute Gasteiger partial charge is 0.481 e. The number of primary amides is 1. The van der Waals surface area contributed by atoms with Gasteiger partial charge in [0.25, 0.3) is 11.9 Å². The maximum Gasteiger partial charge on any atom is 0.300 e. The van der Waals surface area contributed by atoms with Crippen molar-refractivity contribution >= 4 is 23.8 Å². The van der Waals surface area contributed by atoms with Gasteiger partial charge in [-0.05, 0) is 24.3 Å². The number of carboxylic acid groups (broad SMARTS) is 2. The Morgan fingerprint density at radius 2 is 1.43 bits per heavy atom. The molecule has 158 valence electrons. The van der Waals surface area contributed by atoms with Crippen molar-refractivity contribution < 1.29 is 29.4 Å². The minimum absolute atomic E-state index is 0.262. The summed E-state index contributed by atoms with van der Waals surface area (Å²) in [6.45, 7) is 6.10. The van der Waals surface area contributed by atoms with Gasteiger partial charge >= 0.3 is 0 Å². The molecular weight excluding hydrogens is 366 g/mol. The van der Waals surface area contributed by atoms with Crippen LogP contribution >= 0.6 is 0 Å². The van der Waals surface area contributed by atoms with Gasteiger partial charge in [-0.1, -0.05) is 44.2 Å². The minimum atomic E-state index is -0.833. The first kappa shape index (κ1) is 27.3. The van der Waals surface area contributed by atoms with E-state index in [1.54, 1.807) is 0 Å². The lowest BCUT2D eigenvalue weighted by atomic mass is 10.0. The lowest BCUT2D eigenvalue weighted by molar-refractivity contribution is -0.135. The fourth-order valence-electron chi connectivity index (χ4n) is 1.96. The Labute approximate surface area is 165 Å². The molecule has 9 nitrogen and oxygen atoms in total. The summed E-state index contributed by atoms with van der Waals surface area (Å²) in [5.41, 5.74) is 12.1. The maximum atomic E-state index is 12.0. The van der Waals surface area contributed by atoms with E-state index in [-0.39, 0.29) is 11.8 Å². The maximum absolute atomic E-state index is 12.0. The first-order valence-electron chi connectivity index (χ1n) is 8.65. The van der Waals surface area contributed by atoms with Crippen LogP contribution in [0.1, 0.15) is 39.7 Å². The van der Waals surface area contributed by atoms with Crippen LogP contribution in [0.25, 0.3) is 0 Å². The molecule has 2 atom stereocenters. The van der Waals surface area contributed by atoms with Gasteiger partial charge in [-0.3, -0.25) is 19.2 Å². The summed E-state index contributed by atoms with van der Waals surface area (Å²) >= 11 is 0. The van der Waals surface area contributed by atoms with Crippen molar-refractivity contribution in [2.75, 3.05) is 0 Å². The van der Waals surface area contributed by atoms with Crippen LogP contribution in [0.3, 0.4) is 0 Å². The van der Waals surface area contributed by atoms with Crippen LogP contribution < -0.4 is 16.8 Å². The summed E-state index contributed by atoms with van der Waals surface area (Å²) in [5, 5.41) is 17.5. The summed E-state index contributed by atoms with van der Waals surface area (Å²) in [7, 11) is 0. The minimum Gasteiger partial charge on any atom is -0.481 e. The van der Waals surface area contributed by atoms with E-state index in [0.717, 1.165) is 19.4 Å². The highest BCUT2D eigenvalue weighted by molar-refractivity contribution is 5.89. The Balaban J connectivity index is 0.